The van der Waals surface area contributed by atoms with E-state index in [1.807, 2.05) is 6.07 Å². The van der Waals surface area contributed by atoms with Crippen LogP contribution in [-0.4, -0.2) is 55.6 Å². The molecule has 2 aliphatic heterocycles. The van der Waals surface area contributed by atoms with E-state index in [0.29, 0.717) is 50.3 Å². The summed E-state index contributed by atoms with van der Waals surface area (Å²) in [4.78, 5) is 2.39. The van der Waals surface area contributed by atoms with E-state index >= 15 is 0 Å². The molecule has 1 aromatic carbocycles. The number of aliphatic hydroxyl groups excluding tert-OH is 1. The minimum absolute atomic E-state index is 0.323. The third kappa shape index (κ3) is 3.76. The molecule has 30 heavy (non-hydrogen) atoms. The number of hydrogen-bond acceptors (Lipinski definition) is 5. The first-order chi connectivity index (χ1) is 14.5. The van der Waals surface area contributed by atoms with Crippen molar-refractivity contribution in [2.24, 2.45) is 17.3 Å². The average molecular weight is 414 g/mol. The third-order valence-electron chi connectivity index (χ3n) is 7.92. The molecule has 2 heterocycles. The molecule has 5 aliphatic rings. The van der Waals surface area contributed by atoms with E-state index in [2.05, 4.69) is 37.0 Å². The molecule has 6 rings (SSSR count). The van der Waals surface area contributed by atoms with Gasteiger partial charge in [-0.3, -0.25) is 4.90 Å². The quantitative estimate of drug-likeness (QED) is 0.686. The Morgan fingerprint density at radius 2 is 2.07 bits per heavy atom. The molecule has 4 atom stereocenters. The number of likely N-dealkylation sites (tertiary alicyclic amines) is 1. The Labute approximate surface area is 180 Å². The summed E-state index contributed by atoms with van der Waals surface area (Å²) in [5.74, 6) is 3.20. The van der Waals surface area contributed by atoms with Gasteiger partial charge >= 0.3 is 0 Å². The molecule has 0 radical (unpaired) electrons. The molecule has 4 unspecified atom stereocenters. The summed E-state index contributed by atoms with van der Waals surface area (Å²) < 4.78 is 17.4. The van der Waals surface area contributed by atoms with Crippen molar-refractivity contribution in [2.45, 2.75) is 51.7 Å². The van der Waals surface area contributed by atoms with Crippen molar-refractivity contribution in [1.82, 2.24) is 4.90 Å². The van der Waals surface area contributed by atoms with E-state index in [-0.39, 0.29) is 0 Å². The van der Waals surface area contributed by atoms with Crippen LogP contribution in [0.4, 0.5) is 0 Å². The van der Waals surface area contributed by atoms with Crippen LogP contribution in [0.15, 0.2) is 29.8 Å². The van der Waals surface area contributed by atoms with Crippen molar-refractivity contribution < 1.29 is 19.3 Å². The second kappa shape index (κ2) is 8.18. The highest BCUT2D eigenvalue weighted by Crippen LogP contribution is 2.59. The molecule has 5 heteroatoms. The predicted octanol–water partition coefficient (Wildman–Crippen LogP) is 3.96. The number of ether oxygens (including phenoxy) is 3. The van der Waals surface area contributed by atoms with Crippen LogP contribution >= 0.6 is 0 Å². The number of benzene rings is 1. The molecular formula is C25H35NO4. The first-order valence-corrected chi connectivity index (χ1v) is 11.6. The maximum atomic E-state index is 10.6. The molecule has 2 fully saturated rings. The van der Waals surface area contributed by atoms with Gasteiger partial charge in [0.1, 0.15) is 13.2 Å². The van der Waals surface area contributed by atoms with Crippen LogP contribution in [0.3, 0.4) is 0 Å². The van der Waals surface area contributed by atoms with Crippen molar-refractivity contribution >= 4 is 0 Å². The monoisotopic (exact) mass is 413 g/mol. The zero-order valence-electron chi connectivity index (χ0n) is 18.3. The molecule has 2 bridgehead atoms. The lowest BCUT2D eigenvalue weighted by Gasteiger charge is -2.56. The number of fused-ring (bicyclic) bond motifs is 2. The second-order valence-electron chi connectivity index (χ2n) is 10.0. The van der Waals surface area contributed by atoms with E-state index in [4.69, 9.17) is 14.2 Å². The normalized spacial score (nSPS) is 30.5. The van der Waals surface area contributed by atoms with Gasteiger partial charge in [-0.25, -0.2) is 0 Å². The van der Waals surface area contributed by atoms with E-state index in [9.17, 15) is 5.11 Å². The number of β-amino-alcohol motifs (C(OH)–C–C–N with tert-alkyl or cyclic N) is 1. The van der Waals surface area contributed by atoms with E-state index in [1.54, 1.807) is 0 Å². The first kappa shape index (κ1) is 20.3. The fourth-order valence-electron chi connectivity index (χ4n) is 5.97. The maximum Gasteiger partial charge on any atom is 0.161 e. The van der Waals surface area contributed by atoms with Crippen molar-refractivity contribution in [3.05, 3.63) is 35.4 Å². The van der Waals surface area contributed by atoms with Crippen molar-refractivity contribution in [2.75, 3.05) is 39.5 Å². The SMILES string of the molecule is CC1(C)C2CC=C(COCC(O)CN3CCCC3c3ccc4c(c3)OCCO4)C1C2. The molecule has 1 N–H and O–H groups in total. The zero-order valence-corrected chi connectivity index (χ0v) is 18.3. The van der Waals surface area contributed by atoms with Gasteiger partial charge in [-0.1, -0.05) is 26.0 Å². The van der Waals surface area contributed by atoms with Gasteiger partial charge in [-0.05, 0) is 72.7 Å². The second-order valence-corrected chi connectivity index (χ2v) is 10.0. The minimum atomic E-state index is -0.464. The number of rotatable bonds is 7. The molecule has 1 aromatic rings. The molecule has 1 saturated heterocycles. The molecule has 0 aromatic heterocycles. The Kier molecular flexibility index (Phi) is 5.55. The Balaban J connectivity index is 1.13. The Hall–Kier alpha value is -1.56. The zero-order chi connectivity index (χ0) is 20.7. The fraction of sp³-hybridized carbons (Fsp3) is 0.680. The van der Waals surface area contributed by atoms with E-state index < -0.39 is 6.10 Å². The van der Waals surface area contributed by atoms with Crippen LogP contribution in [0.1, 0.15) is 51.1 Å². The lowest BCUT2D eigenvalue weighted by Crippen LogP contribution is -2.48. The standard InChI is InChI=1S/C25H35NO4/c1-25(2)19-7-5-18(21(25)13-19)15-28-16-20(27)14-26-9-3-4-22(26)17-6-8-23-24(12-17)30-11-10-29-23/h5-6,8,12,19-22,27H,3-4,7,9-11,13-16H2,1-2H3. The fourth-order valence-corrected chi connectivity index (χ4v) is 5.97. The van der Waals surface area contributed by atoms with Gasteiger partial charge in [-0.15, -0.1) is 0 Å². The topological polar surface area (TPSA) is 51.2 Å². The summed E-state index contributed by atoms with van der Waals surface area (Å²) in [6, 6.07) is 6.60. The van der Waals surface area contributed by atoms with Crippen LogP contribution in [0, 0.1) is 17.3 Å². The third-order valence-corrected chi connectivity index (χ3v) is 7.92. The number of nitrogens with zero attached hydrogens (tertiary/aromatic N) is 1. The molecular weight excluding hydrogens is 378 g/mol. The lowest BCUT2D eigenvalue weighted by molar-refractivity contribution is -0.0265. The summed E-state index contributed by atoms with van der Waals surface area (Å²) in [5.41, 5.74) is 3.13. The van der Waals surface area contributed by atoms with Crippen LogP contribution in [0.25, 0.3) is 0 Å². The summed E-state index contributed by atoms with van der Waals surface area (Å²) in [6.45, 7) is 8.73. The lowest BCUT2D eigenvalue weighted by atomic mass is 9.49. The minimum Gasteiger partial charge on any atom is -0.486 e. The molecule has 0 spiro atoms. The summed E-state index contributed by atoms with van der Waals surface area (Å²) in [6.07, 6.45) is 6.68. The molecule has 5 nitrogen and oxygen atoms in total. The van der Waals surface area contributed by atoms with Gasteiger partial charge in [0, 0.05) is 12.6 Å². The Morgan fingerprint density at radius 3 is 2.87 bits per heavy atom. The summed E-state index contributed by atoms with van der Waals surface area (Å²) in [5, 5.41) is 10.6. The summed E-state index contributed by atoms with van der Waals surface area (Å²) >= 11 is 0. The largest absolute Gasteiger partial charge is 0.486 e. The van der Waals surface area contributed by atoms with Crippen molar-refractivity contribution in [1.29, 1.82) is 0 Å². The van der Waals surface area contributed by atoms with Gasteiger partial charge in [-0.2, -0.15) is 0 Å². The highest BCUT2D eigenvalue weighted by atomic mass is 16.6. The van der Waals surface area contributed by atoms with Crippen LogP contribution in [-0.2, 0) is 4.74 Å². The van der Waals surface area contributed by atoms with Gasteiger partial charge in [0.05, 0.1) is 19.3 Å². The maximum absolute atomic E-state index is 10.6. The van der Waals surface area contributed by atoms with Crippen LogP contribution in [0.5, 0.6) is 11.5 Å². The highest BCUT2D eigenvalue weighted by molar-refractivity contribution is 5.44. The summed E-state index contributed by atoms with van der Waals surface area (Å²) in [7, 11) is 0. The molecule has 1 saturated carbocycles. The van der Waals surface area contributed by atoms with Gasteiger partial charge in [0.2, 0.25) is 0 Å². The average Bonchev–Trinajstić information content (AvgIpc) is 3.21. The predicted molar refractivity (Wildman–Crippen MR) is 116 cm³/mol. The number of aliphatic hydroxyl groups is 1. The van der Waals surface area contributed by atoms with Gasteiger partial charge in [0.25, 0.3) is 0 Å². The van der Waals surface area contributed by atoms with Crippen LogP contribution < -0.4 is 9.47 Å². The Morgan fingerprint density at radius 1 is 1.23 bits per heavy atom. The van der Waals surface area contributed by atoms with Crippen LogP contribution in [0.2, 0.25) is 0 Å². The molecule has 0 amide bonds. The smallest absolute Gasteiger partial charge is 0.161 e. The first-order valence-electron chi connectivity index (χ1n) is 11.6. The molecule has 3 aliphatic carbocycles. The highest BCUT2D eigenvalue weighted by Gasteiger charge is 2.51. The number of allylic oxidation sites excluding steroid dienone is 1. The van der Waals surface area contributed by atoms with Crippen molar-refractivity contribution in [3.8, 4) is 11.5 Å². The Bertz CT molecular complexity index is 804. The van der Waals surface area contributed by atoms with E-state index in [1.165, 1.54) is 24.0 Å². The van der Waals surface area contributed by atoms with E-state index in [0.717, 1.165) is 36.8 Å². The van der Waals surface area contributed by atoms with Gasteiger partial charge < -0.3 is 19.3 Å². The molecule has 164 valence electrons. The van der Waals surface area contributed by atoms with Crippen molar-refractivity contribution in [3.63, 3.8) is 0 Å². The van der Waals surface area contributed by atoms with Gasteiger partial charge in [0.15, 0.2) is 11.5 Å². The number of hydrogen-bond donors (Lipinski definition) is 1.